The van der Waals surface area contributed by atoms with Crippen molar-refractivity contribution in [2.75, 3.05) is 39.4 Å². The number of hydrogen-bond acceptors (Lipinski definition) is 3. The van der Waals surface area contributed by atoms with Crippen molar-refractivity contribution in [1.29, 1.82) is 0 Å². The van der Waals surface area contributed by atoms with Crippen molar-refractivity contribution in [1.82, 2.24) is 4.90 Å². The molecule has 2 aromatic rings. The Balaban J connectivity index is 1.23. The van der Waals surface area contributed by atoms with Gasteiger partial charge in [-0.25, -0.2) is 0 Å². The molecule has 2 aromatic carbocycles. The van der Waals surface area contributed by atoms with Gasteiger partial charge in [0.2, 0.25) is 0 Å². The van der Waals surface area contributed by atoms with Crippen LogP contribution in [0.15, 0.2) is 42.5 Å². The fourth-order valence-corrected chi connectivity index (χ4v) is 3.98. The van der Waals surface area contributed by atoms with Crippen LogP contribution in [0.25, 0.3) is 0 Å². The summed E-state index contributed by atoms with van der Waals surface area (Å²) >= 11 is 0. The summed E-state index contributed by atoms with van der Waals surface area (Å²) in [5.74, 6) is 1.90. The molecule has 1 saturated heterocycles. The molecule has 0 radical (unpaired) electrons. The smallest absolute Gasteiger partial charge is 0.260 e. The number of carbonyl (C=O) groups excluding carboxylic acids is 1. The molecule has 0 unspecified atom stereocenters. The van der Waals surface area contributed by atoms with Gasteiger partial charge >= 0.3 is 0 Å². The van der Waals surface area contributed by atoms with Crippen molar-refractivity contribution >= 4 is 5.91 Å². The number of piperazine rings is 1. The number of fused-ring (bicyclic) bond motifs is 1. The number of ether oxygens (including phenoxy) is 2. The number of amides is 1. The first kappa shape index (κ1) is 18.8. The molecule has 1 fully saturated rings. The van der Waals surface area contributed by atoms with Gasteiger partial charge in [0, 0.05) is 12.0 Å². The standard InChI is InChI=1S/C23H28N2O3/c1-2-18-4-3-5-21(15-18)28-17-23(26)25-11-9-24(10-12-25)16-19-6-7-22-20(14-19)8-13-27-22/h3-7,14-15H,2,8-13,16-17H2,1H3/p+1. The summed E-state index contributed by atoms with van der Waals surface area (Å²) in [7, 11) is 0. The molecule has 2 aliphatic rings. The van der Waals surface area contributed by atoms with Crippen molar-refractivity contribution in [2.24, 2.45) is 0 Å². The van der Waals surface area contributed by atoms with Gasteiger partial charge in [0.15, 0.2) is 6.61 Å². The highest BCUT2D eigenvalue weighted by atomic mass is 16.5. The Bertz CT molecular complexity index is 828. The van der Waals surface area contributed by atoms with E-state index in [1.807, 2.05) is 23.1 Å². The molecule has 0 aromatic heterocycles. The lowest BCUT2D eigenvalue weighted by molar-refractivity contribution is -0.917. The summed E-state index contributed by atoms with van der Waals surface area (Å²) in [5.41, 5.74) is 3.91. The topological polar surface area (TPSA) is 43.2 Å². The Kier molecular flexibility index (Phi) is 5.81. The van der Waals surface area contributed by atoms with Crippen LogP contribution in [0, 0.1) is 0 Å². The van der Waals surface area contributed by atoms with Crippen LogP contribution in [-0.2, 0) is 24.2 Å². The van der Waals surface area contributed by atoms with E-state index in [4.69, 9.17) is 9.47 Å². The van der Waals surface area contributed by atoms with Gasteiger partial charge in [-0.3, -0.25) is 4.79 Å². The Hall–Kier alpha value is -2.53. The van der Waals surface area contributed by atoms with E-state index in [1.165, 1.54) is 21.6 Å². The van der Waals surface area contributed by atoms with E-state index in [2.05, 4.69) is 31.2 Å². The highest BCUT2D eigenvalue weighted by Crippen LogP contribution is 2.25. The molecule has 0 atom stereocenters. The van der Waals surface area contributed by atoms with E-state index >= 15 is 0 Å². The Labute approximate surface area is 166 Å². The van der Waals surface area contributed by atoms with E-state index in [0.717, 1.165) is 63.7 Å². The van der Waals surface area contributed by atoms with Crippen LogP contribution in [0.1, 0.15) is 23.6 Å². The highest BCUT2D eigenvalue weighted by molar-refractivity contribution is 5.77. The zero-order valence-corrected chi connectivity index (χ0v) is 16.6. The molecular weight excluding hydrogens is 352 g/mol. The SMILES string of the molecule is CCc1cccc(OCC(=O)N2CC[NH+](Cc3ccc4c(c3)CCO4)CC2)c1. The quantitative estimate of drug-likeness (QED) is 0.825. The lowest BCUT2D eigenvalue weighted by atomic mass is 10.1. The van der Waals surface area contributed by atoms with E-state index in [0.29, 0.717) is 0 Å². The molecule has 0 saturated carbocycles. The zero-order valence-electron chi connectivity index (χ0n) is 16.6. The van der Waals surface area contributed by atoms with Crippen LogP contribution >= 0.6 is 0 Å². The summed E-state index contributed by atoms with van der Waals surface area (Å²) in [6.45, 7) is 7.58. The van der Waals surface area contributed by atoms with Crippen molar-refractivity contribution in [2.45, 2.75) is 26.3 Å². The maximum absolute atomic E-state index is 12.5. The molecule has 0 spiro atoms. The molecule has 0 aliphatic carbocycles. The van der Waals surface area contributed by atoms with Gasteiger partial charge in [-0.15, -0.1) is 0 Å². The van der Waals surface area contributed by atoms with Gasteiger partial charge in [-0.2, -0.15) is 0 Å². The summed E-state index contributed by atoms with van der Waals surface area (Å²) in [6.07, 6.45) is 1.98. The Morgan fingerprint density at radius 3 is 2.82 bits per heavy atom. The average Bonchev–Trinajstić information content (AvgIpc) is 3.20. The molecule has 5 nitrogen and oxygen atoms in total. The molecule has 2 aliphatic heterocycles. The van der Waals surface area contributed by atoms with Crippen LogP contribution in [0.5, 0.6) is 11.5 Å². The number of carbonyl (C=O) groups is 1. The minimum Gasteiger partial charge on any atom is -0.493 e. The number of rotatable bonds is 6. The molecule has 1 amide bonds. The predicted octanol–water partition coefficient (Wildman–Crippen LogP) is 1.49. The third kappa shape index (κ3) is 4.47. The second-order valence-electron chi connectivity index (χ2n) is 7.64. The lowest BCUT2D eigenvalue weighted by Gasteiger charge is -2.32. The number of aryl methyl sites for hydroxylation is 1. The second-order valence-corrected chi connectivity index (χ2v) is 7.64. The van der Waals surface area contributed by atoms with Gasteiger partial charge in [0.05, 0.1) is 32.8 Å². The van der Waals surface area contributed by atoms with Gasteiger partial charge < -0.3 is 19.3 Å². The van der Waals surface area contributed by atoms with E-state index in [-0.39, 0.29) is 12.5 Å². The minimum absolute atomic E-state index is 0.0793. The predicted molar refractivity (Wildman–Crippen MR) is 108 cm³/mol. The fraction of sp³-hybridized carbons (Fsp3) is 0.435. The number of nitrogens with one attached hydrogen (secondary N) is 1. The normalized spacial score (nSPS) is 16.5. The van der Waals surface area contributed by atoms with Crippen molar-refractivity contribution in [3.63, 3.8) is 0 Å². The Morgan fingerprint density at radius 1 is 1.14 bits per heavy atom. The minimum atomic E-state index is 0.0793. The Morgan fingerprint density at radius 2 is 2.00 bits per heavy atom. The summed E-state index contributed by atoms with van der Waals surface area (Å²) in [4.78, 5) is 16.0. The average molecular weight is 381 g/mol. The first-order chi connectivity index (χ1) is 13.7. The third-order valence-corrected chi connectivity index (χ3v) is 5.70. The zero-order chi connectivity index (χ0) is 19.3. The van der Waals surface area contributed by atoms with Crippen LogP contribution < -0.4 is 14.4 Å². The maximum Gasteiger partial charge on any atom is 0.260 e. The molecular formula is C23H29N2O3+. The number of hydrogen-bond donors (Lipinski definition) is 1. The van der Waals surface area contributed by atoms with E-state index in [9.17, 15) is 4.79 Å². The largest absolute Gasteiger partial charge is 0.493 e. The molecule has 5 heteroatoms. The van der Waals surface area contributed by atoms with Crippen LogP contribution in [0.3, 0.4) is 0 Å². The fourth-order valence-electron chi connectivity index (χ4n) is 3.98. The van der Waals surface area contributed by atoms with Crippen LogP contribution in [-0.4, -0.2) is 50.2 Å². The van der Waals surface area contributed by atoms with Gasteiger partial charge in [-0.1, -0.05) is 19.1 Å². The van der Waals surface area contributed by atoms with Crippen molar-refractivity contribution < 1.29 is 19.2 Å². The molecule has 0 bridgehead atoms. The first-order valence-corrected chi connectivity index (χ1v) is 10.3. The molecule has 2 heterocycles. The van der Waals surface area contributed by atoms with Crippen LogP contribution in [0.2, 0.25) is 0 Å². The van der Waals surface area contributed by atoms with Gasteiger partial charge in [-0.05, 0) is 47.9 Å². The van der Waals surface area contributed by atoms with Crippen molar-refractivity contribution in [3.8, 4) is 11.5 Å². The molecule has 1 N–H and O–H groups in total. The van der Waals surface area contributed by atoms with Gasteiger partial charge in [0.1, 0.15) is 18.0 Å². The van der Waals surface area contributed by atoms with Gasteiger partial charge in [0.25, 0.3) is 5.91 Å². The van der Waals surface area contributed by atoms with E-state index < -0.39 is 0 Å². The number of benzene rings is 2. The summed E-state index contributed by atoms with van der Waals surface area (Å²) in [5, 5.41) is 0. The maximum atomic E-state index is 12.5. The summed E-state index contributed by atoms with van der Waals surface area (Å²) in [6, 6.07) is 14.5. The molecule has 28 heavy (non-hydrogen) atoms. The number of nitrogens with zero attached hydrogens (tertiary/aromatic N) is 1. The number of quaternary nitrogens is 1. The lowest BCUT2D eigenvalue weighted by Crippen LogP contribution is -3.13. The first-order valence-electron chi connectivity index (χ1n) is 10.3. The van der Waals surface area contributed by atoms with Crippen molar-refractivity contribution in [3.05, 3.63) is 59.2 Å². The second kappa shape index (κ2) is 8.65. The monoisotopic (exact) mass is 381 g/mol. The third-order valence-electron chi connectivity index (χ3n) is 5.70. The van der Waals surface area contributed by atoms with Crippen LogP contribution in [0.4, 0.5) is 0 Å². The van der Waals surface area contributed by atoms with E-state index in [1.54, 1.807) is 0 Å². The molecule has 148 valence electrons. The highest BCUT2D eigenvalue weighted by Gasteiger charge is 2.24. The molecule has 4 rings (SSSR count). The summed E-state index contributed by atoms with van der Waals surface area (Å²) < 4.78 is 11.3.